The van der Waals surface area contributed by atoms with Crippen LogP contribution in [0.4, 0.5) is 0 Å². The number of hydrogen-bond donors (Lipinski definition) is 0. The number of benzene rings is 1. The summed E-state index contributed by atoms with van der Waals surface area (Å²) < 4.78 is 9.44. The van der Waals surface area contributed by atoms with E-state index < -0.39 is 12.1 Å². The molecule has 1 aromatic carbocycles. The summed E-state index contributed by atoms with van der Waals surface area (Å²) in [5.74, 6) is 9.48. The van der Waals surface area contributed by atoms with Crippen LogP contribution in [0.1, 0.15) is 33.3 Å². The van der Waals surface area contributed by atoms with Crippen molar-refractivity contribution in [2.45, 2.75) is 39.9 Å². The highest BCUT2D eigenvalue weighted by molar-refractivity contribution is 5.73. The lowest BCUT2D eigenvalue weighted by atomic mass is 10.2. The first-order chi connectivity index (χ1) is 12.3. The number of carbonyl (C=O) groups excluding carboxylic acids is 3. The van der Waals surface area contributed by atoms with Gasteiger partial charge >= 0.3 is 11.9 Å². The first-order valence-electron chi connectivity index (χ1n) is 7.87. The number of carbonyl (C=O) groups is 3. The topological polar surface area (TPSA) is 69.7 Å². The highest BCUT2D eigenvalue weighted by Crippen LogP contribution is 2.00. The zero-order valence-corrected chi connectivity index (χ0v) is 15.3. The van der Waals surface area contributed by atoms with Crippen molar-refractivity contribution in [1.29, 1.82) is 0 Å². The minimum absolute atomic E-state index is 0.311. The van der Waals surface area contributed by atoms with Crippen LogP contribution in [0.25, 0.3) is 6.08 Å². The largest absolute Gasteiger partial charge is 0.450 e. The van der Waals surface area contributed by atoms with Gasteiger partial charge in [-0.25, -0.2) is 0 Å². The molecule has 0 aliphatic carbocycles. The van der Waals surface area contributed by atoms with Gasteiger partial charge in [-0.15, -0.1) is 0 Å². The summed E-state index contributed by atoms with van der Waals surface area (Å²) in [4.78, 5) is 30.5. The van der Waals surface area contributed by atoms with Gasteiger partial charge in [0.25, 0.3) is 0 Å². The van der Waals surface area contributed by atoms with E-state index >= 15 is 0 Å². The Bertz CT molecular complexity index is 726. The average molecular weight is 354 g/mol. The molecule has 1 rings (SSSR count). The van der Waals surface area contributed by atoms with E-state index in [2.05, 4.69) is 28.4 Å². The van der Waals surface area contributed by atoms with Crippen LogP contribution in [-0.4, -0.2) is 30.4 Å². The molecule has 0 spiro atoms. The van der Waals surface area contributed by atoms with E-state index in [0.717, 1.165) is 5.56 Å². The predicted octanol–water partition coefficient (Wildman–Crippen LogP) is 2.80. The van der Waals surface area contributed by atoms with Gasteiger partial charge in [-0.2, -0.15) is 0 Å². The minimum Gasteiger partial charge on any atom is -0.450 e. The third kappa shape index (κ3) is 14.3. The molecule has 0 radical (unpaired) electrons. The molecule has 136 valence electrons. The second kappa shape index (κ2) is 14.1. The van der Waals surface area contributed by atoms with E-state index in [-0.39, 0.29) is 12.1 Å². The molecule has 5 nitrogen and oxygen atoms in total. The van der Waals surface area contributed by atoms with Crippen LogP contribution in [0.5, 0.6) is 0 Å². The molecule has 0 N–H and O–H groups in total. The maximum atomic E-state index is 10.6. The Labute approximate surface area is 154 Å². The van der Waals surface area contributed by atoms with Crippen LogP contribution >= 0.6 is 0 Å². The standard InChI is InChI=1S/C14H14O2.C7H8O3/c1-12(16-13(2)15)8-6-7-11-14-9-4-3-5-10-14;1-6(4-3-5-8)10-7(2)9/h3-5,7,9-12H,1-2H3;5-6H,1-2H3/b11-7+;/t12-;6-/m00/s1. The summed E-state index contributed by atoms with van der Waals surface area (Å²) in [5.41, 5.74) is 1.09. The quantitative estimate of drug-likeness (QED) is 0.474. The molecule has 0 aliphatic rings. The van der Waals surface area contributed by atoms with E-state index in [1.165, 1.54) is 13.8 Å². The van der Waals surface area contributed by atoms with Gasteiger partial charge in [-0.05, 0) is 37.5 Å². The number of allylic oxidation sites excluding steroid dienone is 1. The first-order valence-corrected chi connectivity index (χ1v) is 7.87. The third-order valence-corrected chi connectivity index (χ3v) is 2.48. The van der Waals surface area contributed by atoms with Crippen molar-refractivity contribution in [1.82, 2.24) is 0 Å². The van der Waals surface area contributed by atoms with Crippen molar-refractivity contribution in [3.05, 3.63) is 42.0 Å². The van der Waals surface area contributed by atoms with Gasteiger partial charge in [0.15, 0.2) is 18.5 Å². The van der Waals surface area contributed by atoms with Crippen LogP contribution < -0.4 is 0 Å². The summed E-state index contributed by atoms with van der Waals surface area (Å²) >= 11 is 0. The molecule has 26 heavy (non-hydrogen) atoms. The van der Waals surface area contributed by atoms with Crippen molar-refractivity contribution >= 4 is 24.3 Å². The fourth-order valence-corrected chi connectivity index (χ4v) is 1.58. The first kappa shape index (κ1) is 22.7. The van der Waals surface area contributed by atoms with Gasteiger partial charge < -0.3 is 9.47 Å². The van der Waals surface area contributed by atoms with Gasteiger partial charge in [0.2, 0.25) is 0 Å². The minimum atomic E-state index is -0.498. The summed E-state index contributed by atoms with van der Waals surface area (Å²) in [7, 11) is 0. The summed E-state index contributed by atoms with van der Waals surface area (Å²) in [6, 6.07) is 9.89. The molecule has 0 heterocycles. The lowest BCUT2D eigenvalue weighted by Gasteiger charge is -2.01. The number of esters is 2. The lowest BCUT2D eigenvalue weighted by molar-refractivity contribution is -0.144. The molecule has 0 saturated carbocycles. The van der Waals surface area contributed by atoms with E-state index in [9.17, 15) is 14.4 Å². The van der Waals surface area contributed by atoms with Gasteiger partial charge in [-0.1, -0.05) is 48.1 Å². The normalized spacial score (nSPS) is 11.2. The molecular formula is C21H22O5. The fourth-order valence-electron chi connectivity index (χ4n) is 1.58. The molecule has 0 unspecified atom stereocenters. The monoisotopic (exact) mass is 354 g/mol. The summed E-state index contributed by atoms with van der Waals surface area (Å²) in [5, 5.41) is 0. The number of ether oxygens (including phenoxy) is 2. The van der Waals surface area contributed by atoms with E-state index in [0.29, 0.717) is 6.29 Å². The second-order valence-electron chi connectivity index (χ2n) is 4.94. The number of hydrogen-bond acceptors (Lipinski definition) is 5. The Morgan fingerprint density at radius 2 is 1.42 bits per heavy atom. The van der Waals surface area contributed by atoms with Crippen molar-refractivity contribution < 1.29 is 23.9 Å². The highest BCUT2D eigenvalue weighted by Gasteiger charge is 1.98. The van der Waals surface area contributed by atoms with Crippen molar-refractivity contribution in [3.8, 4) is 23.7 Å². The molecule has 1 aromatic rings. The Kier molecular flexibility index (Phi) is 12.3. The molecule has 0 amide bonds. The predicted molar refractivity (Wildman–Crippen MR) is 99.5 cm³/mol. The van der Waals surface area contributed by atoms with Crippen LogP contribution in [0, 0.1) is 23.7 Å². The summed E-state index contributed by atoms with van der Waals surface area (Å²) in [6.07, 6.45) is 3.25. The molecule has 5 heteroatoms. The Morgan fingerprint density at radius 1 is 0.923 bits per heavy atom. The van der Waals surface area contributed by atoms with Gasteiger partial charge in [0, 0.05) is 13.8 Å². The maximum Gasteiger partial charge on any atom is 0.303 e. The molecule has 0 bridgehead atoms. The number of rotatable bonds is 3. The maximum absolute atomic E-state index is 10.6. The molecule has 0 aliphatic heterocycles. The molecular weight excluding hydrogens is 332 g/mol. The molecule has 2 atom stereocenters. The van der Waals surface area contributed by atoms with Crippen molar-refractivity contribution in [3.63, 3.8) is 0 Å². The van der Waals surface area contributed by atoms with Gasteiger partial charge in [0.1, 0.15) is 0 Å². The van der Waals surface area contributed by atoms with E-state index in [1.807, 2.05) is 36.4 Å². The van der Waals surface area contributed by atoms with Gasteiger partial charge in [-0.3, -0.25) is 14.4 Å². The van der Waals surface area contributed by atoms with Crippen LogP contribution in [-0.2, 0) is 23.9 Å². The van der Waals surface area contributed by atoms with Crippen LogP contribution in [0.3, 0.4) is 0 Å². The Morgan fingerprint density at radius 3 is 1.88 bits per heavy atom. The summed E-state index contributed by atoms with van der Waals surface area (Å²) in [6.45, 7) is 6.00. The van der Waals surface area contributed by atoms with Crippen molar-refractivity contribution in [2.75, 3.05) is 0 Å². The van der Waals surface area contributed by atoms with Crippen LogP contribution in [0.2, 0.25) is 0 Å². The lowest BCUT2D eigenvalue weighted by Crippen LogP contribution is -2.09. The average Bonchev–Trinajstić information content (AvgIpc) is 2.57. The molecule has 0 fully saturated rings. The van der Waals surface area contributed by atoms with Crippen LogP contribution in [0.15, 0.2) is 36.4 Å². The van der Waals surface area contributed by atoms with E-state index in [1.54, 1.807) is 19.9 Å². The second-order valence-corrected chi connectivity index (χ2v) is 4.94. The Balaban J connectivity index is 0.000000541. The zero-order valence-electron chi connectivity index (χ0n) is 15.3. The zero-order chi connectivity index (χ0) is 19.8. The SMILES string of the molecule is CC(=O)O[C@@H](C)C#C/C=C/c1ccccc1.CC(=O)O[C@@H](C)C#CC=O. The smallest absolute Gasteiger partial charge is 0.303 e. The van der Waals surface area contributed by atoms with Crippen molar-refractivity contribution in [2.24, 2.45) is 0 Å². The highest BCUT2D eigenvalue weighted by atomic mass is 16.5. The number of aldehydes is 1. The molecule has 0 aromatic heterocycles. The van der Waals surface area contributed by atoms with Gasteiger partial charge in [0.05, 0.1) is 0 Å². The Hall–Kier alpha value is -3.31. The fraction of sp³-hybridized carbons (Fsp3) is 0.286. The molecule has 0 saturated heterocycles. The van der Waals surface area contributed by atoms with E-state index in [4.69, 9.17) is 4.74 Å². The third-order valence-electron chi connectivity index (χ3n) is 2.48.